The first-order chi connectivity index (χ1) is 14.8. The van der Waals surface area contributed by atoms with Crippen molar-refractivity contribution in [2.45, 2.75) is 27.3 Å². The molecule has 0 bridgehead atoms. The standard InChI is InChI=1S/C22H22N6O3/c1-12-6-5-7-15(8-12)10-23-21(30)16-18(29)22(31)27(4)19(26-16)17-20-25-13(2)9-14(3)28(20)11-24-17/h5-9,11,29H,10H2,1-4H3,(H,23,30). The van der Waals surface area contributed by atoms with E-state index in [4.69, 9.17) is 0 Å². The number of fused-ring (bicyclic) bond motifs is 1. The van der Waals surface area contributed by atoms with Crippen molar-refractivity contribution < 1.29 is 9.90 Å². The molecule has 0 radical (unpaired) electrons. The Kier molecular flexibility index (Phi) is 5.02. The second-order valence-corrected chi connectivity index (χ2v) is 7.49. The van der Waals surface area contributed by atoms with Crippen LogP contribution in [0, 0.1) is 20.8 Å². The van der Waals surface area contributed by atoms with E-state index in [-0.39, 0.29) is 18.1 Å². The van der Waals surface area contributed by atoms with E-state index in [9.17, 15) is 14.7 Å². The normalized spacial score (nSPS) is 11.1. The van der Waals surface area contributed by atoms with Crippen LogP contribution in [0.1, 0.15) is 33.0 Å². The Morgan fingerprint density at radius 1 is 1.16 bits per heavy atom. The van der Waals surface area contributed by atoms with E-state index >= 15 is 0 Å². The zero-order valence-electron chi connectivity index (χ0n) is 17.7. The van der Waals surface area contributed by atoms with Gasteiger partial charge in [0, 0.05) is 25.0 Å². The zero-order chi connectivity index (χ0) is 22.3. The maximum absolute atomic E-state index is 12.8. The average Bonchev–Trinajstić information content (AvgIpc) is 3.14. The third kappa shape index (κ3) is 3.65. The number of aromatic nitrogens is 5. The van der Waals surface area contributed by atoms with E-state index in [0.29, 0.717) is 11.3 Å². The monoisotopic (exact) mass is 418 g/mol. The summed E-state index contributed by atoms with van der Waals surface area (Å²) in [7, 11) is 1.46. The first-order valence-corrected chi connectivity index (χ1v) is 9.71. The molecule has 9 nitrogen and oxygen atoms in total. The molecule has 0 spiro atoms. The molecule has 0 unspecified atom stereocenters. The maximum Gasteiger partial charge on any atom is 0.296 e. The van der Waals surface area contributed by atoms with E-state index in [1.54, 1.807) is 10.7 Å². The number of rotatable bonds is 4. The lowest BCUT2D eigenvalue weighted by atomic mass is 10.1. The predicted octanol–water partition coefficient (Wildman–Crippen LogP) is 2.05. The average molecular weight is 418 g/mol. The lowest BCUT2D eigenvalue weighted by Crippen LogP contribution is -2.29. The molecule has 0 aliphatic heterocycles. The molecule has 0 fully saturated rings. The summed E-state index contributed by atoms with van der Waals surface area (Å²) < 4.78 is 2.94. The summed E-state index contributed by atoms with van der Waals surface area (Å²) in [6.45, 7) is 5.97. The van der Waals surface area contributed by atoms with E-state index < -0.39 is 17.2 Å². The third-order valence-corrected chi connectivity index (χ3v) is 5.05. The molecular formula is C22H22N6O3. The van der Waals surface area contributed by atoms with Crippen molar-refractivity contribution in [2.24, 2.45) is 7.05 Å². The number of imidazole rings is 1. The fourth-order valence-electron chi connectivity index (χ4n) is 3.48. The number of amides is 1. The Balaban J connectivity index is 1.76. The van der Waals surface area contributed by atoms with Gasteiger partial charge in [-0.3, -0.25) is 18.6 Å². The van der Waals surface area contributed by atoms with Crippen LogP contribution in [0.2, 0.25) is 0 Å². The number of benzene rings is 1. The summed E-state index contributed by atoms with van der Waals surface area (Å²) in [5.74, 6) is -1.22. The van der Waals surface area contributed by atoms with Crippen molar-refractivity contribution in [3.05, 3.63) is 75.2 Å². The highest BCUT2D eigenvalue weighted by atomic mass is 16.3. The van der Waals surface area contributed by atoms with Crippen molar-refractivity contribution in [3.63, 3.8) is 0 Å². The van der Waals surface area contributed by atoms with Crippen molar-refractivity contribution in [3.8, 4) is 17.3 Å². The van der Waals surface area contributed by atoms with Crippen LogP contribution in [0.5, 0.6) is 5.75 Å². The minimum absolute atomic E-state index is 0.142. The lowest BCUT2D eigenvalue weighted by Gasteiger charge is -2.11. The highest BCUT2D eigenvalue weighted by Crippen LogP contribution is 2.22. The molecule has 2 N–H and O–H groups in total. The summed E-state index contributed by atoms with van der Waals surface area (Å²) >= 11 is 0. The molecule has 9 heteroatoms. The van der Waals surface area contributed by atoms with Crippen LogP contribution >= 0.6 is 0 Å². The molecule has 0 saturated carbocycles. The molecule has 31 heavy (non-hydrogen) atoms. The molecule has 0 aliphatic rings. The fraction of sp³-hybridized carbons (Fsp3) is 0.227. The molecule has 4 aromatic rings. The Bertz CT molecular complexity index is 1390. The van der Waals surface area contributed by atoms with Crippen LogP contribution in [-0.4, -0.2) is 34.9 Å². The highest BCUT2D eigenvalue weighted by Gasteiger charge is 2.23. The van der Waals surface area contributed by atoms with Gasteiger partial charge >= 0.3 is 0 Å². The van der Waals surface area contributed by atoms with Gasteiger partial charge < -0.3 is 10.4 Å². The van der Waals surface area contributed by atoms with Gasteiger partial charge in [0.15, 0.2) is 22.9 Å². The van der Waals surface area contributed by atoms with Crippen LogP contribution in [0.15, 0.2) is 41.5 Å². The van der Waals surface area contributed by atoms with Gasteiger partial charge in [0.05, 0.1) is 0 Å². The zero-order valence-corrected chi connectivity index (χ0v) is 17.7. The van der Waals surface area contributed by atoms with E-state index in [1.807, 2.05) is 51.1 Å². The number of hydrogen-bond donors (Lipinski definition) is 2. The van der Waals surface area contributed by atoms with Crippen molar-refractivity contribution in [2.75, 3.05) is 0 Å². The van der Waals surface area contributed by atoms with Crippen LogP contribution in [0.4, 0.5) is 0 Å². The number of aromatic hydroxyl groups is 1. The minimum Gasteiger partial charge on any atom is -0.501 e. The highest BCUT2D eigenvalue weighted by molar-refractivity contribution is 5.95. The van der Waals surface area contributed by atoms with Crippen LogP contribution in [-0.2, 0) is 13.6 Å². The van der Waals surface area contributed by atoms with E-state index in [1.165, 1.54) is 7.05 Å². The minimum atomic E-state index is -0.740. The molecule has 158 valence electrons. The van der Waals surface area contributed by atoms with Crippen LogP contribution in [0.3, 0.4) is 0 Å². The predicted molar refractivity (Wildman–Crippen MR) is 115 cm³/mol. The van der Waals surface area contributed by atoms with Crippen molar-refractivity contribution in [1.82, 2.24) is 29.2 Å². The SMILES string of the molecule is Cc1cccc(CNC(=O)c2nc(-c3ncn4c(C)cc(C)nc34)n(C)c(=O)c2O)c1. The first kappa shape index (κ1) is 20.3. The second-order valence-electron chi connectivity index (χ2n) is 7.49. The van der Waals surface area contributed by atoms with Gasteiger partial charge in [-0.2, -0.15) is 0 Å². The second kappa shape index (κ2) is 7.67. The summed E-state index contributed by atoms with van der Waals surface area (Å²) in [6.07, 6.45) is 1.59. The topological polar surface area (TPSA) is 114 Å². The van der Waals surface area contributed by atoms with Gasteiger partial charge in [-0.15, -0.1) is 0 Å². The summed E-state index contributed by atoms with van der Waals surface area (Å²) in [6, 6.07) is 9.58. The van der Waals surface area contributed by atoms with Crippen molar-refractivity contribution in [1.29, 1.82) is 0 Å². The molecule has 0 atom stereocenters. The number of hydrogen-bond acceptors (Lipinski definition) is 6. The number of nitrogens with one attached hydrogen (secondary N) is 1. The number of aryl methyl sites for hydroxylation is 3. The van der Waals surface area contributed by atoms with Gasteiger partial charge in [-0.05, 0) is 32.4 Å². The van der Waals surface area contributed by atoms with Gasteiger partial charge in [-0.25, -0.2) is 15.0 Å². The smallest absolute Gasteiger partial charge is 0.296 e. The molecule has 0 saturated heterocycles. The molecular weight excluding hydrogens is 396 g/mol. The quantitative estimate of drug-likeness (QED) is 0.524. The van der Waals surface area contributed by atoms with Gasteiger partial charge in [0.25, 0.3) is 11.5 Å². The molecule has 0 aliphatic carbocycles. The lowest BCUT2D eigenvalue weighted by molar-refractivity contribution is 0.0942. The number of carbonyl (C=O) groups excluding carboxylic acids is 1. The molecule has 4 rings (SSSR count). The maximum atomic E-state index is 12.8. The van der Waals surface area contributed by atoms with Gasteiger partial charge in [0.1, 0.15) is 6.33 Å². The summed E-state index contributed by atoms with van der Waals surface area (Å²) in [4.78, 5) is 38.6. The van der Waals surface area contributed by atoms with Crippen LogP contribution < -0.4 is 10.9 Å². The Morgan fingerprint density at radius 2 is 1.94 bits per heavy atom. The van der Waals surface area contributed by atoms with E-state index in [0.717, 1.165) is 27.1 Å². The number of nitrogens with zero attached hydrogens (tertiary/aromatic N) is 5. The summed E-state index contributed by atoms with van der Waals surface area (Å²) in [5.41, 5.74) is 3.43. The molecule has 3 aromatic heterocycles. The van der Waals surface area contributed by atoms with Crippen LogP contribution in [0.25, 0.3) is 17.2 Å². The van der Waals surface area contributed by atoms with E-state index in [2.05, 4.69) is 20.3 Å². The van der Waals surface area contributed by atoms with Crippen molar-refractivity contribution >= 4 is 11.6 Å². The summed E-state index contributed by atoms with van der Waals surface area (Å²) in [5, 5.41) is 13.0. The molecule has 3 heterocycles. The molecule has 1 aromatic carbocycles. The fourth-order valence-corrected chi connectivity index (χ4v) is 3.48. The molecule has 1 amide bonds. The Labute approximate surface area is 178 Å². The van der Waals surface area contributed by atoms with Gasteiger partial charge in [0.2, 0.25) is 5.75 Å². The first-order valence-electron chi connectivity index (χ1n) is 9.71. The Hall–Kier alpha value is -4.01. The Morgan fingerprint density at radius 3 is 2.68 bits per heavy atom. The number of carbonyl (C=O) groups is 1. The largest absolute Gasteiger partial charge is 0.501 e. The van der Waals surface area contributed by atoms with Gasteiger partial charge in [-0.1, -0.05) is 29.8 Å². The third-order valence-electron chi connectivity index (χ3n) is 5.05.